The van der Waals surface area contributed by atoms with Crippen LogP contribution in [0.2, 0.25) is 0 Å². The van der Waals surface area contributed by atoms with Crippen molar-refractivity contribution in [2.24, 2.45) is 0 Å². The Bertz CT molecular complexity index is 577. The highest BCUT2D eigenvalue weighted by Crippen LogP contribution is 2.08. The number of carbonyl (C=O) groups is 1. The van der Waals surface area contributed by atoms with Crippen molar-refractivity contribution in [3.05, 3.63) is 35.5 Å². The maximum atomic E-state index is 11.5. The Morgan fingerprint density at radius 1 is 1.33 bits per heavy atom. The SMILES string of the molecule is CCOC(=O)c1cnn(-c2cnc(C)c(C)n2)c1. The molecule has 0 saturated carbocycles. The van der Waals surface area contributed by atoms with Crippen LogP contribution < -0.4 is 0 Å². The van der Waals surface area contributed by atoms with Gasteiger partial charge in [0, 0.05) is 6.20 Å². The van der Waals surface area contributed by atoms with Crippen LogP contribution in [0.3, 0.4) is 0 Å². The maximum Gasteiger partial charge on any atom is 0.341 e. The predicted molar refractivity (Wildman–Crippen MR) is 64.6 cm³/mol. The lowest BCUT2D eigenvalue weighted by Gasteiger charge is -2.02. The fourth-order valence-electron chi connectivity index (χ4n) is 1.41. The number of aryl methyl sites for hydroxylation is 2. The molecule has 0 N–H and O–H groups in total. The number of ether oxygens (including phenoxy) is 1. The third-order valence-electron chi connectivity index (χ3n) is 2.51. The van der Waals surface area contributed by atoms with Crippen molar-refractivity contribution >= 4 is 5.97 Å². The number of carbonyl (C=O) groups excluding carboxylic acids is 1. The Morgan fingerprint density at radius 2 is 2.11 bits per heavy atom. The second kappa shape index (κ2) is 4.95. The molecule has 0 spiro atoms. The quantitative estimate of drug-likeness (QED) is 0.767. The zero-order valence-electron chi connectivity index (χ0n) is 10.5. The molecule has 94 valence electrons. The monoisotopic (exact) mass is 246 g/mol. The minimum Gasteiger partial charge on any atom is -0.462 e. The Balaban J connectivity index is 2.29. The Kier molecular flexibility index (Phi) is 3.36. The molecule has 0 bridgehead atoms. The van der Waals surface area contributed by atoms with Gasteiger partial charge in [0.1, 0.15) is 0 Å². The Labute approximate surface area is 105 Å². The number of aromatic nitrogens is 4. The lowest BCUT2D eigenvalue weighted by atomic mass is 10.3. The summed E-state index contributed by atoms with van der Waals surface area (Å²) >= 11 is 0. The van der Waals surface area contributed by atoms with E-state index in [-0.39, 0.29) is 5.97 Å². The highest BCUT2D eigenvalue weighted by molar-refractivity contribution is 5.88. The molecule has 6 nitrogen and oxygen atoms in total. The molecule has 2 aromatic heterocycles. The first kappa shape index (κ1) is 12.2. The minimum absolute atomic E-state index is 0.341. The molecule has 0 aliphatic carbocycles. The van der Waals surface area contributed by atoms with Gasteiger partial charge in [-0.25, -0.2) is 14.5 Å². The third kappa shape index (κ3) is 2.37. The Hall–Kier alpha value is -2.24. The van der Waals surface area contributed by atoms with E-state index in [1.807, 2.05) is 13.8 Å². The molecule has 18 heavy (non-hydrogen) atoms. The van der Waals surface area contributed by atoms with Crippen LogP contribution in [0.5, 0.6) is 0 Å². The van der Waals surface area contributed by atoms with Crippen LogP contribution in [0.15, 0.2) is 18.6 Å². The summed E-state index contributed by atoms with van der Waals surface area (Å²) in [5.74, 6) is 0.189. The average Bonchev–Trinajstić information content (AvgIpc) is 2.82. The molecule has 0 amide bonds. The molecule has 0 aromatic carbocycles. The standard InChI is InChI=1S/C12H14N4O2/c1-4-18-12(17)10-5-14-16(7-10)11-6-13-8(2)9(3)15-11/h5-7H,4H2,1-3H3. The van der Waals surface area contributed by atoms with E-state index in [0.717, 1.165) is 11.4 Å². The first-order valence-corrected chi connectivity index (χ1v) is 5.64. The molecule has 2 heterocycles. The molecular formula is C12H14N4O2. The van der Waals surface area contributed by atoms with Crippen molar-refractivity contribution < 1.29 is 9.53 Å². The third-order valence-corrected chi connectivity index (χ3v) is 2.51. The number of esters is 1. The molecule has 0 fully saturated rings. The largest absolute Gasteiger partial charge is 0.462 e. The maximum absolute atomic E-state index is 11.5. The average molecular weight is 246 g/mol. The molecule has 0 saturated heterocycles. The smallest absolute Gasteiger partial charge is 0.341 e. The Morgan fingerprint density at radius 3 is 2.78 bits per heavy atom. The molecule has 2 aromatic rings. The van der Waals surface area contributed by atoms with Gasteiger partial charge in [0.05, 0.1) is 36.0 Å². The van der Waals surface area contributed by atoms with E-state index >= 15 is 0 Å². The second-order valence-corrected chi connectivity index (χ2v) is 3.79. The van der Waals surface area contributed by atoms with Gasteiger partial charge in [0.25, 0.3) is 0 Å². The van der Waals surface area contributed by atoms with Crippen molar-refractivity contribution in [3.8, 4) is 5.82 Å². The van der Waals surface area contributed by atoms with Crippen LogP contribution in [0.25, 0.3) is 5.82 Å². The molecular weight excluding hydrogens is 232 g/mol. The van der Waals surface area contributed by atoms with Gasteiger partial charge in [-0.1, -0.05) is 0 Å². The molecule has 0 unspecified atom stereocenters. The van der Waals surface area contributed by atoms with Gasteiger partial charge in [0.15, 0.2) is 5.82 Å². The van der Waals surface area contributed by atoms with Crippen molar-refractivity contribution in [1.29, 1.82) is 0 Å². The summed E-state index contributed by atoms with van der Waals surface area (Å²) in [5, 5.41) is 4.07. The van der Waals surface area contributed by atoms with Gasteiger partial charge in [-0.05, 0) is 20.8 Å². The van der Waals surface area contributed by atoms with Crippen LogP contribution in [-0.2, 0) is 4.74 Å². The van der Waals surface area contributed by atoms with Crippen LogP contribution in [0.4, 0.5) is 0 Å². The second-order valence-electron chi connectivity index (χ2n) is 3.79. The minimum atomic E-state index is -0.388. The first-order valence-electron chi connectivity index (χ1n) is 5.64. The summed E-state index contributed by atoms with van der Waals surface area (Å²) in [7, 11) is 0. The zero-order valence-corrected chi connectivity index (χ0v) is 10.5. The summed E-state index contributed by atoms with van der Waals surface area (Å²) < 4.78 is 6.40. The van der Waals surface area contributed by atoms with E-state index in [1.54, 1.807) is 19.3 Å². The van der Waals surface area contributed by atoms with Crippen LogP contribution >= 0.6 is 0 Å². The number of nitrogens with zero attached hydrogens (tertiary/aromatic N) is 4. The predicted octanol–water partition coefficient (Wildman–Crippen LogP) is 1.46. The van der Waals surface area contributed by atoms with Crippen molar-refractivity contribution in [1.82, 2.24) is 19.7 Å². The summed E-state index contributed by atoms with van der Waals surface area (Å²) in [6.45, 7) is 5.87. The van der Waals surface area contributed by atoms with Crippen molar-refractivity contribution in [3.63, 3.8) is 0 Å². The molecule has 0 aliphatic heterocycles. The highest BCUT2D eigenvalue weighted by Gasteiger charge is 2.11. The zero-order chi connectivity index (χ0) is 13.1. The summed E-state index contributed by atoms with van der Waals surface area (Å²) in [5.41, 5.74) is 2.11. The molecule has 0 radical (unpaired) electrons. The van der Waals surface area contributed by atoms with Gasteiger partial charge in [-0.3, -0.25) is 4.98 Å². The van der Waals surface area contributed by atoms with Crippen LogP contribution in [0, 0.1) is 13.8 Å². The summed E-state index contributed by atoms with van der Waals surface area (Å²) in [6.07, 6.45) is 4.65. The van der Waals surface area contributed by atoms with Crippen LogP contribution in [0.1, 0.15) is 28.7 Å². The molecule has 0 aliphatic rings. The van der Waals surface area contributed by atoms with Crippen LogP contribution in [-0.4, -0.2) is 32.3 Å². The van der Waals surface area contributed by atoms with E-state index in [4.69, 9.17) is 4.74 Å². The lowest BCUT2D eigenvalue weighted by Crippen LogP contribution is -2.04. The fourth-order valence-corrected chi connectivity index (χ4v) is 1.41. The summed E-state index contributed by atoms with van der Waals surface area (Å²) in [4.78, 5) is 20.1. The molecule has 6 heteroatoms. The van der Waals surface area contributed by atoms with Gasteiger partial charge in [0.2, 0.25) is 0 Å². The van der Waals surface area contributed by atoms with E-state index in [1.165, 1.54) is 10.9 Å². The summed E-state index contributed by atoms with van der Waals surface area (Å²) in [6, 6.07) is 0. The van der Waals surface area contributed by atoms with E-state index < -0.39 is 0 Å². The molecule has 2 rings (SSSR count). The topological polar surface area (TPSA) is 69.9 Å². The highest BCUT2D eigenvalue weighted by atomic mass is 16.5. The number of rotatable bonds is 3. The number of hydrogen-bond donors (Lipinski definition) is 0. The van der Waals surface area contributed by atoms with Gasteiger partial charge < -0.3 is 4.74 Å². The van der Waals surface area contributed by atoms with Crippen molar-refractivity contribution in [2.45, 2.75) is 20.8 Å². The van der Waals surface area contributed by atoms with Gasteiger partial charge in [-0.15, -0.1) is 0 Å². The first-order chi connectivity index (χ1) is 8.61. The fraction of sp³-hybridized carbons (Fsp3) is 0.333. The number of hydrogen-bond acceptors (Lipinski definition) is 5. The molecule has 0 atom stereocenters. The van der Waals surface area contributed by atoms with Gasteiger partial charge in [-0.2, -0.15) is 5.10 Å². The van der Waals surface area contributed by atoms with E-state index in [0.29, 0.717) is 18.0 Å². The van der Waals surface area contributed by atoms with Gasteiger partial charge >= 0.3 is 5.97 Å². The van der Waals surface area contributed by atoms with E-state index in [9.17, 15) is 4.79 Å². The van der Waals surface area contributed by atoms with E-state index in [2.05, 4.69) is 15.1 Å². The van der Waals surface area contributed by atoms with Crippen molar-refractivity contribution in [2.75, 3.05) is 6.61 Å². The lowest BCUT2D eigenvalue weighted by molar-refractivity contribution is 0.0526. The normalized spacial score (nSPS) is 10.4.